The van der Waals surface area contributed by atoms with Gasteiger partial charge in [0.2, 0.25) is 0 Å². The van der Waals surface area contributed by atoms with Crippen LogP contribution in [0.4, 0.5) is 18.0 Å². The first-order valence-corrected chi connectivity index (χ1v) is 9.95. The second kappa shape index (κ2) is 8.78. The second-order valence-electron chi connectivity index (χ2n) is 7.24. The van der Waals surface area contributed by atoms with Gasteiger partial charge in [0.1, 0.15) is 0 Å². The summed E-state index contributed by atoms with van der Waals surface area (Å²) in [4.78, 5) is 26.9. The van der Waals surface area contributed by atoms with Gasteiger partial charge in [-0.05, 0) is 22.1 Å². The fourth-order valence-corrected chi connectivity index (χ4v) is 3.70. The molecule has 0 aliphatic carbocycles. The Balaban J connectivity index is 1.44. The first kappa shape index (κ1) is 22.7. The van der Waals surface area contributed by atoms with E-state index in [0.29, 0.717) is 13.1 Å². The molecule has 1 aliphatic heterocycles. The Hall–Kier alpha value is -3.52. The highest BCUT2D eigenvalue weighted by atomic mass is 35.5. The van der Waals surface area contributed by atoms with Crippen molar-refractivity contribution in [2.24, 2.45) is 0 Å². The van der Waals surface area contributed by atoms with E-state index in [4.69, 9.17) is 16.7 Å². The largest absolute Gasteiger partial charge is 0.476 e. The van der Waals surface area contributed by atoms with Crippen molar-refractivity contribution in [1.82, 2.24) is 40.2 Å². The SMILES string of the molecule is O=C(O)c1nn(C(=O)N2CCN(Cc3ccc(-c4nnn[nH]4)cc3C(F)(F)F)CC2)cc1Cl. The molecular formula is C18H16ClF3N8O3. The normalized spacial score (nSPS) is 15.1. The van der Waals surface area contributed by atoms with Gasteiger partial charge in [-0.15, -0.1) is 5.10 Å². The fraction of sp³-hybridized carbons (Fsp3) is 0.333. The van der Waals surface area contributed by atoms with Crippen molar-refractivity contribution in [2.45, 2.75) is 12.7 Å². The fourth-order valence-electron chi connectivity index (χ4n) is 3.49. The van der Waals surface area contributed by atoms with Crippen LogP contribution in [0, 0.1) is 0 Å². The van der Waals surface area contributed by atoms with E-state index in [2.05, 4.69) is 25.7 Å². The summed E-state index contributed by atoms with van der Waals surface area (Å²) in [7, 11) is 0. The minimum absolute atomic E-state index is 0.0303. The van der Waals surface area contributed by atoms with Crippen LogP contribution in [0.3, 0.4) is 0 Å². The van der Waals surface area contributed by atoms with E-state index < -0.39 is 29.4 Å². The van der Waals surface area contributed by atoms with Gasteiger partial charge >= 0.3 is 18.2 Å². The Morgan fingerprint density at radius 1 is 1.18 bits per heavy atom. The summed E-state index contributed by atoms with van der Waals surface area (Å²) >= 11 is 5.78. The predicted octanol–water partition coefficient (Wildman–Crippen LogP) is 2.22. The number of alkyl halides is 3. The maximum absolute atomic E-state index is 13.7. The molecule has 1 fully saturated rings. The molecule has 0 atom stereocenters. The lowest BCUT2D eigenvalue weighted by atomic mass is 10.0. The third-order valence-corrected chi connectivity index (χ3v) is 5.42. The first-order chi connectivity index (χ1) is 15.6. The number of piperazine rings is 1. The Kier molecular flexibility index (Phi) is 6.03. The molecule has 174 valence electrons. The molecule has 2 aromatic heterocycles. The van der Waals surface area contributed by atoms with Crippen LogP contribution in [0.5, 0.6) is 0 Å². The van der Waals surface area contributed by atoms with E-state index in [1.165, 1.54) is 17.0 Å². The number of benzene rings is 1. The number of hydrogen-bond acceptors (Lipinski definition) is 7. The summed E-state index contributed by atoms with van der Waals surface area (Å²) in [6, 6.07) is 3.33. The lowest BCUT2D eigenvalue weighted by Gasteiger charge is -2.34. The Morgan fingerprint density at radius 3 is 2.48 bits per heavy atom. The molecule has 1 aromatic carbocycles. The molecule has 1 saturated heterocycles. The number of aromatic amines is 1. The zero-order valence-electron chi connectivity index (χ0n) is 16.8. The standard InChI is InChI=1S/C18H16ClF3N8O3/c19-13-9-30(25-14(13)16(31)32)17(33)29-5-3-28(4-6-29)8-11-2-1-10(15-23-26-27-24-15)7-12(11)18(20,21)22/h1-2,7,9H,3-6,8H2,(H,31,32)(H,23,24,26,27). The molecule has 15 heteroatoms. The summed E-state index contributed by atoms with van der Waals surface area (Å²) < 4.78 is 41.9. The smallest absolute Gasteiger partial charge is 0.416 e. The molecule has 3 heterocycles. The third-order valence-electron chi connectivity index (χ3n) is 5.14. The van der Waals surface area contributed by atoms with Crippen molar-refractivity contribution in [2.75, 3.05) is 26.2 Å². The van der Waals surface area contributed by atoms with E-state index in [9.17, 15) is 22.8 Å². The van der Waals surface area contributed by atoms with Crippen LogP contribution >= 0.6 is 11.6 Å². The minimum atomic E-state index is -4.57. The van der Waals surface area contributed by atoms with Crippen LogP contribution in [-0.4, -0.2) is 83.5 Å². The van der Waals surface area contributed by atoms with Gasteiger partial charge in [-0.25, -0.2) is 14.7 Å². The number of carbonyl (C=O) groups is 2. The van der Waals surface area contributed by atoms with Gasteiger partial charge in [0.15, 0.2) is 11.5 Å². The summed E-state index contributed by atoms with van der Waals surface area (Å²) in [5, 5.41) is 25.4. The van der Waals surface area contributed by atoms with Gasteiger partial charge in [-0.1, -0.05) is 23.7 Å². The maximum Gasteiger partial charge on any atom is 0.416 e. The molecular weight excluding hydrogens is 469 g/mol. The summed E-state index contributed by atoms with van der Waals surface area (Å²) in [5.74, 6) is -1.23. The number of hydrogen-bond donors (Lipinski definition) is 2. The van der Waals surface area contributed by atoms with Gasteiger partial charge < -0.3 is 10.0 Å². The highest BCUT2D eigenvalue weighted by Gasteiger charge is 2.35. The number of amides is 1. The van der Waals surface area contributed by atoms with Crippen molar-refractivity contribution in [3.8, 4) is 11.4 Å². The van der Waals surface area contributed by atoms with Gasteiger partial charge in [-0.3, -0.25) is 4.90 Å². The van der Waals surface area contributed by atoms with E-state index in [1.807, 2.05) is 0 Å². The number of H-pyrrole nitrogens is 1. The van der Waals surface area contributed by atoms with Crippen molar-refractivity contribution in [3.05, 3.63) is 46.2 Å². The molecule has 0 spiro atoms. The number of nitrogens with one attached hydrogen (secondary N) is 1. The van der Waals surface area contributed by atoms with Gasteiger partial charge in [-0.2, -0.15) is 23.0 Å². The Bertz CT molecular complexity index is 1170. The zero-order valence-corrected chi connectivity index (χ0v) is 17.5. The molecule has 0 unspecified atom stereocenters. The zero-order chi connectivity index (χ0) is 23.8. The summed E-state index contributed by atoms with van der Waals surface area (Å²) in [6.45, 7) is 1.11. The van der Waals surface area contributed by atoms with Gasteiger partial charge in [0.25, 0.3) is 0 Å². The number of nitrogens with zero attached hydrogens (tertiary/aromatic N) is 7. The molecule has 33 heavy (non-hydrogen) atoms. The molecule has 0 radical (unpaired) electrons. The van der Waals surface area contributed by atoms with Gasteiger partial charge in [0, 0.05) is 38.3 Å². The predicted molar refractivity (Wildman–Crippen MR) is 106 cm³/mol. The molecule has 2 N–H and O–H groups in total. The number of carboxylic acids is 1. The van der Waals surface area contributed by atoms with E-state index >= 15 is 0 Å². The molecule has 0 bridgehead atoms. The molecule has 0 saturated carbocycles. The van der Waals surface area contributed by atoms with Crippen molar-refractivity contribution >= 4 is 23.6 Å². The van der Waals surface area contributed by atoms with Crippen LogP contribution in [0.25, 0.3) is 11.4 Å². The van der Waals surface area contributed by atoms with Crippen LogP contribution in [-0.2, 0) is 12.7 Å². The number of aromatic nitrogens is 6. The minimum Gasteiger partial charge on any atom is -0.476 e. The van der Waals surface area contributed by atoms with Crippen molar-refractivity contribution in [3.63, 3.8) is 0 Å². The quantitative estimate of drug-likeness (QED) is 0.576. The lowest BCUT2D eigenvalue weighted by molar-refractivity contribution is -0.138. The molecule has 1 amide bonds. The highest BCUT2D eigenvalue weighted by molar-refractivity contribution is 6.33. The van der Waals surface area contributed by atoms with Crippen LogP contribution in [0.15, 0.2) is 24.4 Å². The number of halogens is 4. The summed E-state index contributed by atoms with van der Waals surface area (Å²) in [5.41, 5.74) is -0.927. The third kappa shape index (κ3) is 4.80. The lowest BCUT2D eigenvalue weighted by Crippen LogP contribution is -2.49. The molecule has 1 aliphatic rings. The Morgan fingerprint density at radius 2 is 1.91 bits per heavy atom. The molecule has 4 rings (SSSR count). The van der Waals surface area contributed by atoms with Crippen molar-refractivity contribution in [1.29, 1.82) is 0 Å². The van der Waals surface area contributed by atoms with Crippen molar-refractivity contribution < 1.29 is 27.9 Å². The molecule has 3 aromatic rings. The van der Waals surface area contributed by atoms with E-state index in [0.717, 1.165) is 16.9 Å². The number of carboxylic acid groups (broad SMARTS) is 1. The number of rotatable bonds is 4. The van der Waals surface area contributed by atoms with Crippen LogP contribution < -0.4 is 0 Å². The van der Waals surface area contributed by atoms with E-state index in [-0.39, 0.29) is 41.6 Å². The first-order valence-electron chi connectivity index (χ1n) is 9.58. The highest BCUT2D eigenvalue weighted by Crippen LogP contribution is 2.35. The van der Waals surface area contributed by atoms with Gasteiger partial charge in [0.05, 0.1) is 16.8 Å². The summed E-state index contributed by atoms with van der Waals surface area (Å²) in [6.07, 6.45) is -3.46. The van der Waals surface area contributed by atoms with E-state index in [1.54, 1.807) is 4.90 Å². The average molecular weight is 485 g/mol. The monoisotopic (exact) mass is 484 g/mol. The topological polar surface area (TPSA) is 133 Å². The Labute approximate surface area is 188 Å². The maximum atomic E-state index is 13.7. The number of tetrazole rings is 1. The molecule has 11 nitrogen and oxygen atoms in total. The average Bonchev–Trinajstić information content (AvgIpc) is 3.43. The number of carbonyl (C=O) groups excluding carboxylic acids is 1. The second-order valence-corrected chi connectivity index (χ2v) is 7.65. The van der Waals surface area contributed by atoms with Crippen LogP contribution in [0.2, 0.25) is 5.02 Å². The van der Waals surface area contributed by atoms with Crippen LogP contribution in [0.1, 0.15) is 21.6 Å². The number of aromatic carboxylic acids is 1.